The lowest BCUT2D eigenvalue weighted by Gasteiger charge is -2.42. The summed E-state index contributed by atoms with van der Waals surface area (Å²) in [6, 6.07) is 5.60. The van der Waals surface area contributed by atoms with E-state index in [1.807, 2.05) is 30.0 Å². The maximum atomic E-state index is 13.0. The van der Waals surface area contributed by atoms with E-state index in [4.69, 9.17) is 5.73 Å². The number of amides is 3. The second-order valence-electron chi connectivity index (χ2n) is 7.44. The van der Waals surface area contributed by atoms with Crippen molar-refractivity contribution in [2.45, 2.75) is 33.2 Å². The largest absolute Gasteiger partial charge is 0.338 e. The highest BCUT2D eigenvalue weighted by Crippen LogP contribution is 2.30. The molecule has 3 amide bonds. The molecule has 3 N–H and O–H groups in total. The predicted molar refractivity (Wildman–Crippen MR) is 94.2 cm³/mol. The van der Waals surface area contributed by atoms with Gasteiger partial charge in [-0.15, -0.1) is 0 Å². The zero-order valence-electron chi connectivity index (χ0n) is 14.6. The first-order valence-electron chi connectivity index (χ1n) is 8.51. The molecule has 2 aliphatic rings. The average Bonchev–Trinajstić information content (AvgIpc) is 2.95. The van der Waals surface area contributed by atoms with Gasteiger partial charge in [-0.3, -0.25) is 9.69 Å². The van der Waals surface area contributed by atoms with Crippen LogP contribution in [-0.4, -0.2) is 49.1 Å². The Morgan fingerprint density at radius 1 is 1.33 bits per heavy atom. The quantitative estimate of drug-likeness (QED) is 0.867. The molecule has 2 heterocycles. The summed E-state index contributed by atoms with van der Waals surface area (Å²) in [5.41, 5.74) is 8.42. The van der Waals surface area contributed by atoms with Crippen molar-refractivity contribution in [1.82, 2.24) is 10.2 Å². The van der Waals surface area contributed by atoms with Crippen molar-refractivity contribution < 1.29 is 9.59 Å². The SMILES string of the molecule is Cc1c(C(=O)N2CCC(N)C(C)(C)C2)cccc1N1CCNC1=O. The van der Waals surface area contributed by atoms with Crippen molar-refractivity contribution in [3.05, 3.63) is 29.3 Å². The summed E-state index contributed by atoms with van der Waals surface area (Å²) >= 11 is 0. The Kier molecular flexibility index (Phi) is 4.25. The van der Waals surface area contributed by atoms with Gasteiger partial charge in [0.2, 0.25) is 0 Å². The van der Waals surface area contributed by atoms with E-state index >= 15 is 0 Å². The molecular weight excluding hydrogens is 304 g/mol. The number of benzene rings is 1. The molecule has 2 aliphatic heterocycles. The predicted octanol–water partition coefficient (Wildman–Crippen LogP) is 1.72. The number of anilines is 1. The Hall–Kier alpha value is -2.08. The summed E-state index contributed by atoms with van der Waals surface area (Å²) in [6.45, 7) is 8.72. The molecule has 1 aromatic carbocycles. The van der Waals surface area contributed by atoms with Crippen molar-refractivity contribution in [2.75, 3.05) is 31.1 Å². The standard InChI is InChI=1S/C18H26N4O2/c1-12-13(5-4-6-14(12)22-10-8-20-17(22)24)16(23)21-9-7-15(19)18(2,3)11-21/h4-6,15H,7-11,19H2,1-3H3,(H,20,24). The fraction of sp³-hybridized carbons (Fsp3) is 0.556. The van der Waals surface area contributed by atoms with Crippen LogP contribution < -0.4 is 16.0 Å². The van der Waals surface area contributed by atoms with Gasteiger partial charge in [0.15, 0.2) is 0 Å². The van der Waals surface area contributed by atoms with E-state index in [0.29, 0.717) is 31.7 Å². The monoisotopic (exact) mass is 330 g/mol. The normalized spacial score (nSPS) is 23.3. The molecule has 3 rings (SSSR count). The minimum absolute atomic E-state index is 0.0222. The van der Waals surface area contributed by atoms with Crippen LogP contribution in [0.1, 0.15) is 36.2 Å². The Morgan fingerprint density at radius 2 is 2.08 bits per heavy atom. The molecule has 130 valence electrons. The Bertz CT molecular complexity index is 671. The summed E-state index contributed by atoms with van der Waals surface area (Å²) in [4.78, 5) is 28.6. The first-order chi connectivity index (χ1) is 11.3. The Morgan fingerprint density at radius 3 is 2.71 bits per heavy atom. The third kappa shape index (κ3) is 2.86. The molecule has 6 heteroatoms. The van der Waals surface area contributed by atoms with Crippen LogP contribution >= 0.6 is 0 Å². The van der Waals surface area contributed by atoms with E-state index in [1.54, 1.807) is 4.90 Å². The number of carbonyl (C=O) groups excluding carboxylic acids is 2. The molecule has 6 nitrogen and oxygen atoms in total. The molecule has 0 aliphatic carbocycles. The van der Waals surface area contributed by atoms with Gasteiger partial charge in [-0.05, 0) is 36.5 Å². The average molecular weight is 330 g/mol. The number of urea groups is 1. The third-order valence-corrected chi connectivity index (χ3v) is 5.28. The van der Waals surface area contributed by atoms with Gasteiger partial charge in [-0.25, -0.2) is 4.79 Å². The van der Waals surface area contributed by atoms with Gasteiger partial charge in [0.05, 0.1) is 0 Å². The first kappa shape index (κ1) is 16.8. The summed E-state index contributed by atoms with van der Waals surface area (Å²) in [7, 11) is 0. The fourth-order valence-corrected chi connectivity index (χ4v) is 3.57. The van der Waals surface area contributed by atoms with Crippen molar-refractivity contribution in [1.29, 1.82) is 0 Å². The number of carbonyl (C=O) groups is 2. The van der Waals surface area contributed by atoms with Crippen LogP contribution in [0.2, 0.25) is 0 Å². The fourth-order valence-electron chi connectivity index (χ4n) is 3.57. The zero-order valence-corrected chi connectivity index (χ0v) is 14.6. The van der Waals surface area contributed by atoms with Crippen molar-refractivity contribution in [3.63, 3.8) is 0 Å². The lowest BCUT2D eigenvalue weighted by molar-refractivity contribution is 0.0532. The highest BCUT2D eigenvalue weighted by Gasteiger charge is 2.36. The van der Waals surface area contributed by atoms with E-state index in [2.05, 4.69) is 19.2 Å². The molecule has 24 heavy (non-hydrogen) atoms. The van der Waals surface area contributed by atoms with E-state index in [0.717, 1.165) is 17.7 Å². The van der Waals surface area contributed by atoms with Crippen LogP contribution in [0.4, 0.5) is 10.5 Å². The molecule has 0 bridgehead atoms. The number of rotatable bonds is 2. The molecule has 1 unspecified atom stereocenters. The van der Waals surface area contributed by atoms with E-state index in [-0.39, 0.29) is 23.4 Å². The second kappa shape index (κ2) is 6.09. The van der Waals surface area contributed by atoms with Gasteiger partial charge >= 0.3 is 6.03 Å². The molecule has 0 saturated carbocycles. The van der Waals surface area contributed by atoms with Crippen LogP contribution in [0.5, 0.6) is 0 Å². The van der Waals surface area contributed by atoms with E-state index < -0.39 is 0 Å². The minimum atomic E-state index is -0.104. The third-order valence-electron chi connectivity index (χ3n) is 5.28. The highest BCUT2D eigenvalue weighted by atomic mass is 16.2. The molecular formula is C18H26N4O2. The van der Waals surface area contributed by atoms with Crippen LogP contribution in [0.3, 0.4) is 0 Å². The number of hydrogen-bond acceptors (Lipinski definition) is 3. The van der Waals surface area contributed by atoms with Crippen molar-refractivity contribution >= 4 is 17.6 Å². The zero-order chi connectivity index (χ0) is 17.5. The number of hydrogen-bond donors (Lipinski definition) is 2. The molecule has 1 atom stereocenters. The number of piperidine rings is 1. The number of nitrogens with two attached hydrogens (primary N) is 1. The smallest absolute Gasteiger partial charge is 0.322 e. The van der Waals surface area contributed by atoms with Crippen LogP contribution in [0.15, 0.2) is 18.2 Å². The van der Waals surface area contributed by atoms with Gasteiger partial charge in [-0.1, -0.05) is 19.9 Å². The summed E-state index contributed by atoms with van der Waals surface area (Å²) < 4.78 is 0. The van der Waals surface area contributed by atoms with E-state index in [9.17, 15) is 9.59 Å². The van der Waals surface area contributed by atoms with Crippen LogP contribution in [-0.2, 0) is 0 Å². The summed E-state index contributed by atoms with van der Waals surface area (Å²) in [6.07, 6.45) is 0.812. The van der Waals surface area contributed by atoms with Gasteiger partial charge in [0.25, 0.3) is 5.91 Å². The summed E-state index contributed by atoms with van der Waals surface area (Å²) in [5.74, 6) is 0.0222. The van der Waals surface area contributed by atoms with E-state index in [1.165, 1.54) is 0 Å². The highest BCUT2D eigenvalue weighted by molar-refractivity contribution is 6.00. The van der Waals surface area contributed by atoms with Crippen molar-refractivity contribution in [2.24, 2.45) is 11.1 Å². The van der Waals surface area contributed by atoms with Gasteiger partial charge in [0.1, 0.15) is 0 Å². The number of nitrogens with zero attached hydrogens (tertiary/aromatic N) is 2. The molecule has 1 aromatic rings. The van der Waals surface area contributed by atoms with Crippen molar-refractivity contribution in [3.8, 4) is 0 Å². The van der Waals surface area contributed by atoms with Gasteiger partial charge in [0, 0.05) is 43.5 Å². The lowest BCUT2D eigenvalue weighted by Crippen LogP contribution is -2.54. The first-order valence-corrected chi connectivity index (χ1v) is 8.51. The maximum Gasteiger partial charge on any atom is 0.322 e. The van der Waals surface area contributed by atoms with Gasteiger partial charge < -0.3 is 16.0 Å². The molecule has 2 saturated heterocycles. The number of nitrogens with one attached hydrogen (secondary N) is 1. The molecule has 0 spiro atoms. The second-order valence-corrected chi connectivity index (χ2v) is 7.44. The van der Waals surface area contributed by atoms with Crippen LogP contribution in [0.25, 0.3) is 0 Å². The molecule has 0 aromatic heterocycles. The molecule has 2 fully saturated rings. The topological polar surface area (TPSA) is 78.7 Å². The lowest BCUT2D eigenvalue weighted by atomic mass is 9.79. The Balaban J connectivity index is 1.87. The van der Waals surface area contributed by atoms with Gasteiger partial charge in [-0.2, -0.15) is 0 Å². The number of likely N-dealkylation sites (tertiary alicyclic amines) is 1. The molecule has 0 radical (unpaired) electrons. The Labute approximate surface area is 143 Å². The van der Waals surface area contributed by atoms with Crippen LogP contribution in [0, 0.1) is 12.3 Å². The maximum absolute atomic E-state index is 13.0. The minimum Gasteiger partial charge on any atom is -0.338 e. The summed E-state index contributed by atoms with van der Waals surface area (Å²) in [5, 5.41) is 2.80.